The normalized spacial score (nSPS) is 22.4. The molecule has 2 rings (SSSR count). The maximum Gasteiger partial charge on any atom is 0.525 e. The zero-order chi connectivity index (χ0) is 12.0. The van der Waals surface area contributed by atoms with Crippen molar-refractivity contribution in [2.45, 2.75) is 38.9 Å². The molecule has 4 nitrogen and oxygen atoms in total. The maximum absolute atomic E-state index is 10.6. The molecule has 0 aromatic carbocycles. The Morgan fingerprint density at radius 2 is 1.88 bits per heavy atom. The van der Waals surface area contributed by atoms with E-state index < -0.39 is 7.12 Å². The molecule has 1 fully saturated rings. The first-order valence-electron chi connectivity index (χ1n) is 5.12. The van der Waals surface area contributed by atoms with Crippen molar-refractivity contribution < 1.29 is 14.1 Å². The molecule has 1 aromatic rings. The summed E-state index contributed by atoms with van der Waals surface area (Å²) in [7, 11) is -0.469. The lowest BCUT2D eigenvalue weighted by Crippen LogP contribution is -2.41. The second kappa shape index (κ2) is 3.65. The number of carbonyl (C=O) groups excluding carboxylic acids is 1. The Morgan fingerprint density at radius 1 is 1.31 bits per heavy atom. The summed E-state index contributed by atoms with van der Waals surface area (Å²) in [5.41, 5.74) is -0.741. The van der Waals surface area contributed by atoms with E-state index in [4.69, 9.17) is 9.31 Å². The van der Waals surface area contributed by atoms with E-state index in [-0.39, 0.29) is 11.2 Å². The lowest BCUT2D eigenvalue weighted by Gasteiger charge is -2.32. The molecule has 1 aliphatic heterocycles. The number of aldehydes is 1. The highest BCUT2D eigenvalue weighted by Crippen LogP contribution is 2.36. The molecule has 0 radical (unpaired) electrons. The van der Waals surface area contributed by atoms with Crippen molar-refractivity contribution in [1.82, 2.24) is 4.98 Å². The number of carbonyl (C=O) groups is 1. The van der Waals surface area contributed by atoms with Crippen LogP contribution in [0.5, 0.6) is 0 Å². The molecular weight excluding hydrogens is 225 g/mol. The quantitative estimate of drug-likeness (QED) is 0.575. The summed E-state index contributed by atoms with van der Waals surface area (Å²) < 4.78 is 11.6. The SMILES string of the molecule is CC1(C)OB(c2ncc(C=O)s2)OC1(C)C. The van der Waals surface area contributed by atoms with Gasteiger partial charge in [-0.2, -0.15) is 0 Å². The lowest BCUT2D eigenvalue weighted by atomic mass is 9.90. The average molecular weight is 239 g/mol. The van der Waals surface area contributed by atoms with Gasteiger partial charge >= 0.3 is 7.12 Å². The molecule has 1 aliphatic rings. The second-order valence-corrected chi connectivity index (χ2v) is 5.90. The van der Waals surface area contributed by atoms with Crippen LogP contribution in [0.15, 0.2) is 6.20 Å². The first-order valence-corrected chi connectivity index (χ1v) is 5.94. The van der Waals surface area contributed by atoms with Crippen LogP contribution >= 0.6 is 11.3 Å². The van der Waals surface area contributed by atoms with Crippen LogP contribution in [-0.4, -0.2) is 29.6 Å². The highest BCUT2D eigenvalue weighted by Gasteiger charge is 2.52. The number of hydrogen-bond acceptors (Lipinski definition) is 5. The molecule has 0 aliphatic carbocycles. The van der Waals surface area contributed by atoms with Crippen LogP contribution in [0.3, 0.4) is 0 Å². The topological polar surface area (TPSA) is 48.4 Å². The molecule has 0 unspecified atom stereocenters. The van der Waals surface area contributed by atoms with Gasteiger partial charge in [0.05, 0.1) is 16.1 Å². The Kier molecular flexibility index (Phi) is 2.68. The summed E-state index contributed by atoms with van der Waals surface area (Å²) >= 11 is 1.30. The number of rotatable bonds is 2. The summed E-state index contributed by atoms with van der Waals surface area (Å²) in [5, 5.41) is 0. The van der Waals surface area contributed by atoms with Crippen molar-refractivity contribution in [1.29, 1.82) is 0 Å². The summed E-state index contributed by atoms with van der Waals surface area (Å²) in [4.78, 5) is 16.0. The van der Waals surface area contributed by atoms with Crippen LogP contribution in [0.4, 0.5) is 0 Å². The zero-order valence-electron chi connectivity index (χ0n) is 9.81. The Hall–Kier alpha value is -0.715. The Balaban J connectivity index is 2.23. The van der Waals surface area contributed by atoms with Crippen LogP contribution in [-0.2, 0) is 9.31 Å². The fourth-order valence-electron chi connectivity index (χ4n) is 1.41. The summed E-state index contributed by atoms with van der Waals surface area (Å²) in [6.45, 7) is 7.95. The Morgan fingerprint density at radius 3 is 2.31 bits per heavy atom. The molecule has 1 saturated heterocycles. The van der Waals surface area contributed by atoms with E-state index in [0.717, 1.165) is 6.29 Å². The second-order valence-electron chi connectivity index (χ2n) is 4.81. The highest BCUT2D eigenvalue weighted by atomic mass is 32.1. The summed E-state index contributed by atoms with van der Waals surface area (Å²) in [6, 6.07) is 0. The van der Waals surface area contributed by atoms with Gasteiger partial charge in [0.1, 0.15) is 4.91 Å². The zero-order valence-corrected chi connectivity index (χ0v) is 10.6. The molecule has 0 saturated carbocycles. The van der Waals surface area contributed by atoms with Crippen molar-refractivity contribution in [3.63, 3.8) is 0 Å². The van der Waals surface area contributed by atoms with Gasteiger partial charge in [0, 0.05) is 6.20 Å². The number of hydrogen-bond donors (Lipinski definition) is 0. The fraction of sp³-hybridized carbons (Fsp3) is 0.600. The largest absolute Gasteiger partial charge is 0.525 e. The lowest BCUT2D eigenvalue weighted by molar-refractivity contribution is 0.00578. The number of thiazole rings is 1. The summed E-state index contributed by atoms with van der Waals surface area (Å²) in [6.07, 6.45) is 2.32. The van der Waals surface area contributed by atoms with Crippen LogP contribution in [0.1, 0.15) is 37.4 Å². The van der Waals surface area contributed by atoms with Crippen LogP contribution < -0.4 is 4.91 Å². The molecule has 0 amide bonds. The third-order valence-corrected chi connectivity index (χ3v) is 4.06. The van der Waals surface area contributed by atoms with E-state index in [0.29, 0.717) is 9.78 Å². The van der Waals surface area contributed by atoms with Gasteiger partial charge in [0.15, 0.2) is 6.29 Å². The van der Waals surface area contributed by atoms with Gasteiger partial charge in [-0.3, -0.25) is 9.78 Å². The minimum absolute atomic E-state index is 0.370. The van der Waals surface area contributed by atoms with E-state index in [9.17, 15) is 4.79 Å². The predicted octanol–water partition coefficient (Wildman–Crippen LogP) is 1.25. The predicted molar refractivity (Wildman–Crippen MR) is 63.2 cm³/mol. The van der Waals surface area contributed by atoms with E-state index in [1.807, 2.05) is 27.7 Å². The fourth-order valence-corrected chi connectivity index (χ4v) is 2.10. The maximum atomic E-state index is 10.6. The highest BCUT2D eigenvalue weighted by molar-refractivity contribution is 7.23. The van der Waals surface area contributed by atoms with Crippen LogP contribution in [0.2, 0.25) is 0 Å². The van der Waals surface area contributed by atoms with E-state index in [1.165, 1.54) is 17.5 Å². The number of nitrogens with zero attached hydrogens (tertiary/aromatic N) is 1. The molecule has 2 heterocycles. The van der Waals surface area contributed by atoms with Crippen LogP contribution in [0, 0.1) is 0 Å². The number of aromatic nitrogens is 1. The molecule has 86 valence electrons. The third kappa shape index (κ3) is 1.81. The Bertz CT molecular complexity index is 400. The third-order valence-electron chi connectivity index (χ3n) is 3.11. The van der Waals surface area contributed by atoms with Crippen molar-refractivity contribution >= 4 is 29.6 Å². The van der Waals surface area contributed by atoms with Crippen molar-refractivity contribution in [2.75, 3.05) is 0 Å². The molecule has 16 heavy (non-hydrogen) atoms. The minimum atomic E-state index is -0.469. The van der Waals surface area contributed by atoms with Gasteiger partial charge in [-0.25, -0.2) is 0 Å². The van der Waals surface area contributed by atoms with Gasteiger partial charge in [0.2, 0.25) is 0 Å². The molecule has 0 N–H and O–H groups in total. The summed E-state index contributed by atoms with van der Waals surface area (Å²) in [5.74, 6) is 0. The standard InChI is InChI=1S/C10H14BNO3S/c1-9(2)10(3,4)15-11(14-9)8-12-5-7(6-13)16-8/h5-6H,1-4H3. The van der Waals surface area contributed by atoms with E-state index in [1.54, 1.807) is 0 Å². The minimum Gasteiger partial charge on any atom is -0.398 e. The van der Waals surface area contributed by atoms with Crippen LogP contribution in [0.25, 0.3) is 0 Å². The van der Waals surface area contributed by atoms with E-state index in [2.05, 4.69) is 4.98 Å². The van der Waals surface area contributed by atoms with Gasteiger partial charge in [0.25, 0.3) is 0 Å². The van der Waals surface area contributed by atoms with E-state index >= 15 is 0 Å². The molecule has 0 spiro atoms. The molecule has 0 bridgehead atoms. The molecule has 0 atom stereocenters. The van der Waals surface area contributed by atoms with Crippen molar-refractivity contribution in [3.05, 3.63) is 11.1 Å². The molecule has 6 heteroatoms. The van der Waals surface area contributed by atoms with Gasteiger partial charge < -0.3 is 9.31 Å². The average Bonchev–Trinajstić information content (AvgIpc) is 2.70. The van der Waals surface area contributed by atoms with Crippen molar-refractivity contribution in [3.8, 4) is 0 Å². The van der Waals surface area contributed by atoms with Crippen molar-refractivity contribution in [2.24, 2.45) is 0 Å². The first kappa shape index (κ1) is 11.8. The Labute approximate surface area is 99.1 Å². The van der Waals surface area contributed by atoms with Gasteiger partial charge in [-0.05, 0) is 27.7 Å². The molecular formula is C10H14BNO3S. The van der Waals surface area contributed by atoms with Gasteiger partial charge in [-0.1, -0.05) is 0 Å². The van der Waals surface area contributed by atoms with Gasteiger partial charge in [-0.15, -0.1) is 11.3 Å². The monoisotopic (exact) mass is 239 g/mol. The first-order chi connectivity index (χ1) is 7.36. The molecule has 1 aromatic heterocycles. The smallest absolute Gasteiger partial charge is 0.398 e.